The second-order valence-electron chi connectivity index (χ2n) is 3.76. The highest BCUT2D eigenvalue weighted by Gasteiger charge is 2.06. The molecule has 0 spiro atoms. The first kappa shape index (κ1) is 13.0. The Bertz CT molecular complexity index is 527. The van der Waals surface area contributed by atoms with Crippen molar-refractivity contribution in [3.05, 3.63) is 51.7 Å². The lowest BCUT2D eigenvalue weighted by Gasteiger charge is -2.05. The molecule has 18 heavy (non-hydrogen) atoms. The van der Waals surface area contributed by atoms with E-state index in [0.717, 1.165) is 17.5 Å². The van der Waals surface area contributed by atoms with Crippen LogP contribution in [0.25, 0.3) is 0 Å². The molecule has 0 atom stereocenters. The van der Waals surface area contributed by atoms with Crippen LogP contribution >= 0.6 is 11.3 Å². The number of ether oxygens (including phenoxy) is 1. The van der Waals surface area contributed by atoms with Crippen molar-refractivity contribution in [1.82, 2.24) is 5.32 Å². The Balaban J connectivity index is 1.97. The van der Waals surface area contributed by atoms with Crippen molar-refractivity contribution in [2.75, 3.05) is 7.05 Å². The summed E-state index contributed by atoms with van der Waals surface area (Å²) in [5, 5.41) is 3.05. The van der Waals surface area contributed by atoms with Gasteiger partial charge in [0.25, 0.3) is 0 Å². The number of nitrogens with one attached hydrogen (secondary N) is 1. The van der Waals surface area contributed by atoms with Crippen LogP contribution in [-0.4, -0.2) is 7.05 Å². The Morgan fingerprint density at radius 2 is 1.94 bits per heavy atom. The number of thiophene rings is 1. The highest BCUT2D eigenvalue weighted by molar-refractivity contribution is 7.11. The van der Waals surface area contributed by atoms with Gasteiger partial charge in [0.05, 0.1) is 0 Å². The van der Waals surface area contributed by atoms with Crippen LogP contribution in [0, 0.1) is 11.6 Å². The normalized spacial score (nSPS) is 10.6. The van der Waals surface area contributed by atoms with Gasteiger partial charge >= 0.3 is 0 Å². The van der Waals surface area contributed by atoms with E-state index in [1.807, 2.05) is 19.2 Å². The molecule has 5 heteroatoms. The summed E-state index contributed by atoms with van der Waals surface area (Å²) >= 11 is 1.60. The highest BCUT2D eigenvalue weighted by Crippen LogP contribution is 2.22. The first-order chi connectivity index (χ1) is 8.69. The average Bonchev–Trinajstić information content (AvgIpc) is 2.76. The number of benzene rings is 1. The molecule has 0 saturated heterocycles. The number of hydrogen-bond donors (Lipinski definition) is 1. The maximum Gasteiger partial charge on any atom is 0.167 e. The predicted octanol–water partition coefficient (Wildman–Crippen LogP) is 3.32. The van der Waals surface area contributed by atoms with Crippen LogP contribution in [0.5, 0.6) is 5.75 Å². The maximum absolute atomic E-state index is 13.3. The standard InChI is InChI=1S/C13H13F2NOS/c1-16-7-10-3-4-11(18-10)8-17-13-5-2-9(14)6-12(13)15/h2-6,16H,7-8H2,1H3. The molecule has 1 aromatic heterocycles. The molecule has 0 aliphatic rings. The van der Waals surface area contributed by atoms with E-state index in [2.05, 4.69) is 5.32 Å². The quantitative estimate of drug-likeness (QED) is 0.899. The zero-order valence-corrected chi connectivity index (χ0v) is 10.7. The van der Waals surface area contributed by atoms with E-state index < -0.39 is 11.6 Å². The summed E-state index contributed by atoms with van der Waals surface area (Å²) in [5.41, 5.74) is 0. The Morgan fingerprint density at radius 3 is 2.67 bits per heavy atom. The van der Waals surface area contributed by atoms with E-state index in [-0.39, 0.29) is 12.4 Å². The summed E-state index contributed by atoms with van der Waals surface area (Å²) in [5.74, 6) is -1.21. The van der Waals surface area contributed by atoms with Crippen molar-refractivity contribution >= 4 is 11.3 Å². The summed E-state index contributed by atoms with van der Waals surface area (Å²) in [6, 6.07) is 7.24. The molecule has 0 radical (unpaired) electrons. The molecule has 0 aliphatic carbocycles. The average molecular weight is 269 g/mol. The van der Waals surface area contributed by atoms with Crippen LogP contribution in [0.4, 0.5) is 8.78 Å². The molecule has 96 valence electrons. The van der Waals surface area contributed by atoms with E-state index in [9.17, 15) is 8.78 Å². The van der Waals surface area contributed by atoms with Gasteiger partial charge in [0, 0.05) is 22.4 Å². The maximum atomic E-state index is 13.3. The van der Waals surface area contributed by atoms with Crippen molar-refractivity contribution in [2.24, 2.45) is 0 Å². The molecule has 2 aromatic rings. The van der Waals surface area contributed by atoms with E-state index >= 15 is 0 Å². The Labute approximate surface area is 108 Å². The zero-order chi connectivity index (χ0) is 13.0. The van der Waals surface area contributed by atoms with Gasteiger partial charge < -0.3 is 10.1 Å². The lowest BCUT2D eigenvalue weighted by atomic mass is 10.3. The number of rotatable bonds is 5. The van der Waals surface area contributed by atoms with Crippen molar-refractivity contribution in [1.29, 1.82) is 0 Å². The Hall–Kier alpha value is -1.46. The summed E-state index contributed by atoms with van der Waals surface area (Å²) in [7, 11) is 1.88. The van der Waals surface area contributed by atoms with E-state index in [1.165, 1.54) is 17.0 Å². The number of hydrogen-bond acceptors (Lipinski definition) is 3. The second-order valence-corrected chi connectivity index (χ2v) is 5.01. The van der Waals surface area contributed by atoms with Crippen molar-refractivity contribution in [3.63, 3.8) is 0 Å². The van der Waals surface area contributed by atoms with E-state index in [4.69, 9.17) is 4.74 Å². The first-order valence-electron chi connectivity index (χ1n) is 5.49. The Kier molecular flexibility index (Phi) is 4.28. The molecule has 0 amide bonds. The smallest absolute Gasteiger partial charge is 0.167 e. The summed E-state index contributed by atoms with van der Waals surface area (Å²) < 4.78 is 31.3. The molecule has 0 unspecified atom stereocenters. The van der Waals surface area contributed by atoms with Gasteiger partial charge in [0.2, 0.25) is 0 Å². The largest absolute Gasteiger partial charge is 0.485 e. The fraction of sp³-hybridized carbons (Fsp3) is 0.231. The zero-order valence-electron chi connectivity index (χ0n) is 9.87. The van der Waals surface area contributed by atoms with E-state index in [0.29, 0.717) is 0 Å². The van der Waals surface area contributed by atoms with Gasteiger partial charge in [-0.05, 0) is 31.3 Å². The predicted molar refractivity (Wildman–Crippen MR) is 67.8 cm³/mol. The molecule has 1 heterocycles. The molecule has 1 aromatic carbocycles. The molecule has 0 bridgehead atoms. The lowest BCUT2D eigenvalue weighted by Crippen LogP contribution is -2.02. The molecular formula is C13H13F2NOS. The molecule has 2 rings (SSSR count). The van der Waals surface area contributed by atoms with Gasteiger partial charge in [-0.3, -0.25) is 0 Å². The summed E-state index contributed by atoms with van der Waals surface area (Å²) in [6.45, 7) is 1.09. The third-order valence-electron chi connectivity index (χ3n) is 2.33. The van der Waals surface area contributed by atoms with Crippen molar-refractivity contribution in [2.45, 2.75) is 13.2 Å². The third-order valence-corrected chi connectivity index (χ3v) is 3.39. The van der Waals surface area contributed by atoms with Crippen LogP contribution < -0.4 is 10.1 Å². The van der Waals surface area contributed by atoms with Crippen LogP contribution in [0.15, 0.2) is 30.3 Å². The minimum Gasteiger partial charge on any atom is -0.485 e. The topological polar surface area (TPSA) is 21.3 Å². The number of halogens is 2. The molecule has 2 nitrogen and oxygen atoms in total. The minimum absolute atomic E-state index is 0.0694. The van der Waals surface area contributed by atoms with Gasteiger partial charge in [-0.25, -0.2) is 8.78 Å². The molecule has 0 fully saturated rings. The van der Waals surface area contributed by atoms with Crippen LogP contribution in [0.2, 0.25) is 0 Å². The monoisotopic (exact) mass is 269 g/mol. The van der Waals surface area contributed by atoms with Crippen LogP contribution in [0.3, 0.4) is 0 Å². The minimum atomic E-state index is -0.679. The van der Waals surface area contributed by atoms with E-state index in [1.54, 1.807) is 11.3 Å². The molecule has 1 N–H and O–H groups in total. The molecular weight excluding hydrogens is 256 g/mol. The van der Waals surface area contributed by atoms with Crippen LogP contribution in [0.1, 0.15) is 9.75 Å². The third kappa shape index (κ3) is 3.27. The highest BCUT2D eigenvalue weighted by atomic mass is 32.1. The summed E-state index contributed by atoms with van der Waals surface area (Å²) in [4.78, 5) is 2.19. The fourth-order valence-electron chi connectivity index (χ4n) is 1.51. The van der Waals surface area contributed by atoms with Gasteiger partial charge in [0.1, 0.15) is 12.4 Å². The summed E-state index contributed by atoms with van der Waals surface area (Å²) in [6.07, 6.45) is 0. The molecule has 0 aliphatic heterocycles. The van der Waals surface area contributed by atoms with Gasteiger partial charge in [-0.1, -0.05) is 0 Å². The molecule has 0 saturated carbocycles. The van der Waals surface area contributed by atoms with Gasteiger partial charge in [-0.2, -0.15) is 0 Å². The van der Waals surface area contributed by atoms with Gasteiger partial charge in [-0.15, -0.1) is 11.3 Å². The van der Waals surface area contributed by atoms with Crippen molar-refractivity contribution in [3.8, 4) is 5.75 Å². The Morgan fingerprint density at radius 1 is 1.17 bits per heavy atom. The van der Waals surface area contributed by atoms with Crippen LogP contribution in [-0.2, 0) is 13.2 Å². The SMILES string of the molecule is CNCc1ccc(COc2ccc(F)cc2F)s1. The second kappa shape index (κ2) is 5.93. The van der Waals surface area contributed by atoms with Gasteiger partial charge in [0.15, 0.2) is 11.6 Å². The fourth-order valence-corrected chi connectivity index (χ4v) is 2.45. The van der Waals surface area contributed by atoms with Crippen molar-refractivity contribution < 1.29 is 13.5 Å². The first-order valence-corrected chi connectivity index (χ1v) is 6.30. The lowest BCUT2D eigenvalue weighted by molar-refractivity contribution is 0.292.